The van der Waals surface area contributed by atoms with Gasteiger partial charge in [0.25, 0.3) is 0 Å². The van der Waals surface area contributed by atoms with Crippen LogP contribution in [0.3, 0.4) is 0 Å². The van der Waals surface area contributed by atoms with Gasteiger partial charge >= 0.3 is 6.18 Å². The molecule has 0 saturated heterocycles. The third kappa shape index (κ3) is 3.97. The van der Waals surface area contributed by atoms with E-state index in [4.69, 9.17) is 0 Å². The predicted octanol–water partition coefficient (Wildman–Crippen LogP) is 4.26. The molecule has 0 aliphatic rings. The summed E-state index contributed by atoms with van der Waals surface area (Å²) in [6, 6.07) is 8.75. The fraction of sp³-hybridized carbons (Fsp3) is 0.312. The maximum absolute atomic E-state index is 12.8. The number of alkyl halides is 3. The van der Waals surface area contributed by atoms with Crippen molar-refractivity contribution in [2.75, 3.05) is 0 Å². The molecule has 0 aliphatic heterocycles. The first kappa shape index (κ1) is 15.4. The van der Waals surface area contributed by atoms with Crippen LogP contribution in [0.4, 0.5) is 13.2 Å². The minimum atomic E-state index is -4.53. The molecule has 0 fully saturated rings. The van der Waals surface area contributed by atoms with Crippen molar-refractivity contribution in [2.45, 2.75) is 26.4 Å². The standard InChI is InChI=1S/C16H16F3NO/c1-10(2)6-11-4-3-5-12(7-11)14-8-13(16(17,18)19)9-15(21)20-14/h3-5,7-10H,6H2,1-2H3,(H,20,21). The fourth-order valence-electron chi connectivity index (χ4n) is 2.20. The summed E-state index contributed by atoms with van der Waals surface area (Å²) < 4.78 is 38.3. The Balaban J connectivity index is 2.47. The van der Waals surface area contributed by atoms with Gasteiger partial charge in [0.1, 0.15) is 0 Å². The summed E-state index contributed by atoms with van der Waals surface area (Å²) in [6.45, 7) is 4.14. The molecule has 5 heteroatoms. The molecule has 1 aromatic carbocycles. The van der Waals surface area contributed by atoms with Gasteiger partial charge in [0, 0.05) is 11.8 Å². The van der Waals surface area contributed by atoms with Gasteiger partial charge in [-0.15, -0.1) is 0 Å². The SMILES string of the molecule is CC(C)Cc1cccc(-c2cc(C(F)(F)F)cc(=O)[nH]2)c1. The number of pyridine rings is 1. The second kappa shape index (κ2) is 5.76. The van der Waals surface area contributed by atoms with Crippen LogP contribution in [0.5, 0.6) is 0 Å². The van der Waals surface area contributed by atoms with Crippen molar-refractivity contribution in [1.29, 1.82) is 0 Å². The van der Waals surface area contributed by atoms with Crippen molar-refractivity contribution >= 4 is 0 Å². The van der Waals surface area contributed by atoms with Crippen LogP contribution in [0.25, 0.3) is 11.3 Å². The van der Waals surface area contributed by atoms with E-state index in [0.717, 1.165) is 18.1 Å². The van der Waals surface area contributed by atoms with Crippen LogP contribution in [-0.2, 0) is 12.6 Å². The van der Waals surface area contributed by atoms with Crippen LogP contribution in [0.2, 0.25) is 0 Å². The highest BCUT2D eigenvalue weighted by Crippen LogP contribution is 2.30. The molecule has 0 aliphatic carbocycles. The summed E-state index contributed by atoms with van der Waals surface area (Å²) >= 11 is 0. The van der Waals surface area contributed by atoms with Crippen molar-refractivity contribution in [3.05, 3.63) is 57.9 Å². The molecule has 2 aromatic rings. The number of rotatable bonds is 3. The first-order valence-corrected chi connectivity index (χ1v) is 6.66. The summed E-state index contributed by atoms with van der Waals surface area (Å²) in [4.78, 5) is 13.9. The smallest absolute Gasteiger partial charge is 0.322 e. The Bertz CT molecular complexity index is 686. The lowest BCUT2D eigenvalue weighted by molar-refractivity contribution is -0.137. The van der Waals surface area contributed by atoms with E-state index in [1.165, 1.54) is 0 Å². The Labute approximate surface area is 120 Å². The molecule has 1 N–H and O–H groups in total. The topological polar surface area (TPSA) is 32.9 Å². The average molecular weight is 295 g/mol. The average Bonchev–Trinajstić information content (AvgIpc) is 2.36. The summed E-state index contributed by atoms with van der Waals surface area (Å²) in [7, 11) is 0. The summed E-state index contributed by atoms with van der Waals surface area (Å²) in [5.41, 5.74) is 0.0992. The van der Waals surface area contributed by atoms with Crippen molar-refractivity contribution < 1.29 is 13.2 Å². The maximum atomic E-state index is 12.8. The molecular weight excluding hydrogens is 279 g/mol. The number of nitrogens with one attached hydrogen (secondary N) is 1. The molecule has 2 rings (SSSR count). The molecular formula is C16H16F3NO. The van der Waals surface area contributed by atoms with E-state index in [1.54, 1.807) is 12.1 Å². The van der Waals surface area contributed by atoms with E-state index >= 15 is 0 Å². The van der Waals surface area contributed by atoms with E-state index in [2.05, 4.69) is 18.8 Å². The molecule has 0 bridgehead atoms. The summed E-state index contributed by atoms with van der Waals surface area (Å²) in [5.74, 6) is 0.445. The summed E-state index contributed by atoms with van der Waals surface area (Å²) in [5, 5.41) is 0. The van der Waals surface area contributed by atoms with Crippen LogP contribution in [0.1, 0.15) is 25.0 Å². The van der Waals surface area contributed by atoms with Gasteiger partial charge in [-0.05, 0) is 35.6 Å². The molecule has 0 spiro atoms. The zero-order valence-electron chi connectivity index (χ0n) is 11.8. The zero-order chi connectivity index (χ0) is 15.6. The predicted molar refractivity (Wildman–Crippen MR) is 76.0 cm³/mol. The van der Waals surface area contributed by atoms with Crippen molar-refractivity contribution in [2.24, 2.45) is 5.92 Å². The van der Waals surface area contributed by atoms with Gasteiger partial charge in [-0.3, -0.25) is 4.79 Å². The minimum Gasteiger partial charge on any atom is -0.322 e. The highest BCUT2D eigenvalue weighted by Gasteiger charge is 2.31. The Morgan fingerprint density at radius 1 is 1.14 bits per heavy atom. The lowest BCUT2D eigenvalue weighted by Crippen LogP contribution is -2.13. The van der Waals surface area contributed by atoms with Gasteiger partial charge in [-0.2, -0.15) is 13.2 Å². The Hall–Kier alpha value is -2.04. The minimum absolute atomic E-state index is 0.181. The Kier molecular flexibility index (Phi) is 4.21. The third-order valence-corrected chi connectivity index (χ3v) is 3.05. The maximum Gasteiger partial charge on any atom is 0.416 e. The number of H-pyrrole nitrogens is 1. The first-order valence-electron chi connectivity index (χ1n) is 6.66. The molecule has 0 atom stereocenters. The quantitative estimate of drug-likeness (QED) is 0.901. The van der Waals surface area contributed by atoms with Crippen molar-refractivity contribution in [3.63, 3.8) is 0 Å². The lowest BCUT2D eigenvalue weighted by atomic mass is 9.99. The highest BCUT2D eigenvalue weighted by molar-refractivity contribution is 5.60. The highest BCUT2D eigenvalue weighted by atomic mass is 19.4. The Morgan fingerprint density at radius 2 is 1.86 bits per heavy atom. The van der Waals surface area contributed by atoms with Crippen LogP contribution >= 0.6 is 0 Å². The van der Waals surface area contributed by atoms with Crippen molar-refractivity contribution in [3.8, 4) is 11.3 Å². The van der Waals surface area contributed by atoms with Gasteiger partial charge in [-0.1, -0.05) is 32.0 Å². The monoisotopic (exact) mass is 295 g/mol. The van der Waals surface area contributed by atoms with Crippen LogP contribution < -0.4 is 5.56 Å². The number of hydrogen-bond donors (Lipinski definition) is 1. The second-order valence-electron chi connectivity index (χ2n) is 5.44. The second-order valence-corrected chi connectivity index (χ2v) is 5.44. The number of benzene rings is 1. The summed E-state index contributed by atoms with van der Waals surface area (Å²) in [6.07, 6.45) is -3.70. The van der Waals surface area contributed by atoms with Crippen LogP contribution in [0, 0.1) is 5.92 Å². The molecule has 0 amide bonds. The largest absolute Gasteiger partial charge is 0.416 e. The molecule has 0 radical (unpaired) electrons. The lowest BCUT2D eigenvalue weighted by Gasteiger charge is -2.10. The molecule has 0 unspecified atom stereocenters. The van der Waals surface area contributed by atoms with E-state index in [0.29, 0.717) is 17.5 Å². The zero-order valence-corrected chi connectivity index (χ0v) is 11.8. The van der Waals surface area contributed by atoms with Gasteiger partial charge in [0.05, 0.1) is 5.56 Å². The molecule has 21 heavy (non-hydrogen) atoms. The fourth-order valence-corrected chi connectivity index (χ4v) is 2.20. The molecule has 1 heterocycles. The molecule has 112 valence electrons. The van der Waals surface area contributed by atoms with Gasteiger partial charge in [0.2, 0.25) is 5.56 Å². The number of hydrogen-bond acceptors (Lipinski definition) is 1. The molecule has 0 saturated carbocycles. The van der Waals surface area contributed by atoms with E-state index < -0.39 is 17.3 Å². The van der Waals surface area contributed by atoms with Crippen LogP contribution in [0.15, 0.2) is 41.2 Å². The van der Waals surface area contributed by atoms with E-state index in [1.807, 2.05) is 12.1 Å². The number of halogens is 3. The number of aromatic amines is 1. The third-order valence-electron chi connectivity index (χ3n) is 3.05. The van der Waals surface area contributed by atoms with Gasteiger partial charge in [0.15, 0.2) is 0 Å². The molecule has 2 nitrogen and oxygen atoms in total. The van der Waals surface area contributed by atoms with Gasteiger partial charge in [-0.25, -0.2) is 0 Å². The molecule has 1 aromatic heterocycles. The van der Waals surface area contributed by atoms with E-state index in [9.17, 15) is 18.0 Å². The Morgan fingerprint density at radius 3 is 2.48 bits per heavy atom. The normalized spacial score (nSPS) is 11.9. The van der Waals surface area contributed by atoms with Crippen LogP contribution in [-0.4, -0.2) is 4.98 Å². The first-order chi connectivity index (χ1) is 9.75. The van der Waals surface area contributed by atoms with Crippen molar-refractivity contribution in [1.82, 2.24) is 4.98 Å². The number of aromatic nitrogens is 1. The van der Waals surface area contributed by atoms with E-state index in [-0.39, 0.29) is 5.69 Å². The van der Waals surface area contributed by atoms with Gasteiger partial charge < -0.3 is 4.98 Å².